The van der Waals surface area contributed by atoms with Crippen LogP contribution in [-0.2, 0) is 9.59 Å². The smallest absolute Gasteiger partial charge is 0.233 e. The van der Waals surface area contributed by atoms with Gasteiger partial charge in [0.15, 0.2) is 0 Å². The van der Waals surface area contributed by atoms with Crippen molar-refractivity contribution < 1.29 is 14.7 Å². The summed E-state index contributed by atoms with van der Waals surface area (Å²) in [6.45, 7) is 2.02. The van der Waals surface area contributed by atoms with E-state index in [2.05, 4.69) is 12.2 Å². The number of allylic oxidation sites excluding steroid dienone is 2. The number of aliphatic hydroxyl groups excluding tert-OH is 1. The Labute approximate surface area is 107 Å². The zero-order valence-electron chi connectivity index (χ0n) is 10.6. The third kappa shape index (κ3) is 1.48. The molecule has 2 bridgehead atoms. The lowest BCUT2D eigenvalue weighted by atomic mass is 9.85. The molecular weight excluding hydrogens is 230 g/mol. The van der Waals surface area contributed by atoms with Crippen molar-refractivity contribution in [2.24, 2.45) is 23.7 Å². The van der Waals surface area contributed by atoms with Crippen LogP contribution in [-0.4, -0.2) is 34.5 Å². The first-order chi connectivity index (χ1) is 8.65. The molecule has 4 heteroatoms. The zero-order valence-corrected chi connectivity index (χ0v) is 10.6. The summed E-state index contributed by atoms with van der Waals surface area (Å²) >= 11 is 0. The van der Waals surface area contributed by atoms with Crippen LogP contribution in [0.5, 0.6) is 0 Å². The van der Waals surface area contributed by atoms with Gasteiger partial charge in [-0.1, -0.05) is 12.2 Å². The summed E-state index contributed by atoms with van der Waals surface area (Å²) in [5.41, 5.74) is 0. The highest BCUT2D eigenvalue weighted by molar-refractivity contribution is 6.06. The number of likely N-dealkylation sites (tertiary alicyclic amines) is 1. The average molecular weight is 249 g/mol. The van der Waals surface area contributed by atoms with Crippen LogP contribution >= 0.6 is 0 Å². The molecule has 0 aromatic rings. The van der Waals surface area contributed by atoms with Gasteiger partial charge in [0.2, 0.25) is 11.8 Å². The lowest BCUT2D eigenvalue weighted by molar-refractivity contribution is -0.143. The number of aliphatic hydroxyl groups is 1. The number of amides is 2. The van der Waals surface area contributed by atoms with Gasteiger partial charge in [-0.3, -0.25) is 14.5 Å². The van der Waals surface area contributed by atoms with Crippen LogP contribution in [0.4, 0.5) is 0 Å². The third-order valence-corrected chi connectivity index (χ3v) is 4.73. The molecule has 4 nitrogen and oxygen atoms in total. The van der Waals surface area contributed by atoms with E-state index in [-0.39, 0.29) is 48.1 Å². The highest BCUT2D eigenvalue weighted by atomic mass is 16.3. The van der Waals surface area contributed by atoms with Crippen LogP contribution in [0.1, 0.15) is 26.2 Å². The Morgan fingerprint density at radius 3 is 2.33 bits per heavy atom. The summed E-state index contributed by atoms with van der Waals surface area (Å²) in [6.07, 6.45) is 6.53. The molecular formula is C14H19NO3. The topological polar surface area (TPSA) is 57.6 Å². The second-order valence-electron chi connectivity index (χ2n) is 5.76. The van der Waals surface area contributed by atoms with Gasteiger partial charge in [-0.15, -0.1) is 0 Å². The van der Waals surface area contributed by atoms with E-state index >= 15 is 0 Å². The molecule has 1 N–H and O–H groups in total. The number of carbonyl (C=O) groups excluding carboxylic acids is 2. The highest BCUT2D eigenvalue weighted by Gasteiger charge is 2.59. The molecule has 3 aliphatic rings. The quantitative estimate of drug-likeness (QED) is 0.596. The van der Waals surface area contributed by atoms with Gasteiger partial charge in [-0.05, 0) is 38.0 Å². The summed E-state index contributed by atoms with van der Waals surface area (Å²) in [5, 5.41) is 8.85. The van der Waals surface area contributed by atoms with E-state index in [4.69, 9.17) is 5.11 Å². The molecule has 5 atom stereocenters. The number of imide groups is 1. The summed E-state index contributed by atoms with van der Waals surface area (Å²) < 4.78 is 0. The standard InChI is InChI=1S/C14H19NO3/c1-8(3-2-6-16)15-13(17)11-9-4-5-10(7-9)12(11)14(15)18/h4-5,8-12,16H,2-3,6-7H2,1H3. The van der Waals surface area contributed by atoms with E-state index < -0.39 is 0 Å². The maximum absolute atomic E-state index is 12.4. The molecule has 1 saturated heterocycles. The molecule has 1 aliphatic heterocycles. The molecule has 1 saturated carbocycles. The van der Waals surface area contributed by atoms with Crippen LogP contribution in [0.15, 0.2) is 12.2 Å². The Bertz CT molecular complexity index is 387. The van der Waals surface area contributed by atoms with E-state index in [9.17, 15) is 9.59 Å². The van der Waals surface area contributed by atoms with Gasteiger partial charge in [-0.25, -0.2) is 0 Å². The second-order valence-corrected chi connectivity index (χ2v) is 5.76. The van der Waals surface area contributed by atoms with Crippen LogP contribution in [0.2, 0.25) is 0 Å². The van der Waals surface area contributed by atoms with Crippen molar-refractivity contribution in [3.63, 3.8) is 0 Å². The minimum atomic E-state index is -0.0934. The van der Waals surface area contributed by atoms with Crippen molar-refractivity contribution in [3.8, 4) is 0 Å². The SMILES string of the molecule is CC(CCCO)N1C(=O)C2C3C=CC(C3)C2C1=O. The fraction of sp³-hybridized carbons (Fsp3) is 0.714. The number of hydrogen-bond acceptors (Lipinski definition) is 3. The lowest BCUT2D eigenvalue weighted by Gasteiger charge is -2.24. The molecule has 18 heavy (non-hydrogen) atoms. The predicted molar refractivity (Wildman–Crippen MR) is 65.4 cm³/mol. The first-order valence-electron chi connectivity index (χ1n) is 6.81. The van der Waals surface area contributed by atoms with Crippen molar-refractivity contribution in [2.75, 3.05) is 6.61 Å². The lowest BCUT2D eigenvalue weighted by Crippen LogP contribution is -2.40. The first kappa shape index (κ1) is 11.9. The minimum Gasteiger partial charge on any atom is -0.396 e. The molecule has 0 spiro atoms. The molecule has 2 amide bonds. The molecule has 98 valence electrons. The van der Waals surface area contributed by atoms with Gasteiger partial charge in [0, 0.05) is 12.6 Å². The average Bonchev–Trinajstić information content (AvgIpc) is 3.01. The molecule has 0 radical (unpaired) electrons. The molecule has 5 unspecified atom stereocenters. The van der Waals surface area contributed by atoms with Crippen molar-refractivity contribution in [1.29, 1.82) is 0 Å². The first-order valence-corrected chi connectivity index (χ1v) is 6.81. The largest absolute Gasteiger partial charge is 0.396 e. The van der Waals surface area contributed by atoms with Gasteiger partial charge in [-0.2, -0.15) is 0 Å². The fourth-order valence-electron chi connectivity index (χ4n) is 3.88. The van der Waals surface area contributed by atoms with Gasteiger partial charge < -0.3 is 5.11 Å². The Kier molecular flexibility index (Phi) is 2.77. The zero-order chi connectivity index (χ0) is 12.9. The molecule has 0 aromatic carbocycles. The summed E-state index contributed by atoms with van der Waals surface area (Å²) in [5.74, 6) is 0.422. The van der Waals surface area contributed by atoms with E-state index in [0.717, 1.165) is 6.42 Å². The normalized spacial score (nSPS) is 38.7. The highest BCUT2D eigenvalue weighted by Crippen LogP contribution is 2.52. The maximum atomic E-state index is 12.4. The van der Waals surface area contributed by atoms with Gasteiger partial charge in [0.05, 0.1) is 11.8 Å². The molecule has 2 fully saturated rings. The third-order valence-electron chi connectivity index (χ3n) is 4.73. The number of nitrogens with zero attached hydrogens (tertiary/aromatic N) is 1. The van der Waals surface area contributed by atoms with Crippen LogP contribution in [0, 0.1) is 23.7 Å². The summed E-state index contributed by atoms with van der Waals surface area (Å²) in [4.78, 5) is 26.3. The Morgan fingerprint density at radius 2 is 1.83 bits per heavy atom. The minimum absolute atomic E-state index is 0.0206. The molecule has 2 aliphatic carbocycles. The Morgan fingerprint density at radius 1 is 1.28 bits per heavy atom. The molecule has 3 rings (SSSR count). The van der Waals surface area contributed by atoms with Gasteiger partial charge >= 0.3 is 0 Å². The van der Waals surface area contributed by atoms with Gasteiger partial charge in [0.25, 0.3) is 0 Å². The molecule has 1 heterocycles. The van der Waals surface area contributed by atoms with Crippen molar-refractivity contribution >= 4 is 11.8 Å². The number of rotatable bonds is 4. The van der Waals surface area contributed by atoms with Gasteiger partial charge in [0.1, 0.15) is 0 Å². The molecule has 0 aromatic heterocycles. The second kappa shape index (κ2) is 4.19. The van der Waals surface area contributed by atoms with E-state index in [0.29, 0.717) is 12.8 Å². The Balaban J connectivity index is 1.79. The van der Waals surface area contributed by atoms with E-state index in [1.54, 1.807) is 0 Å². The fourth-order valence-corrected chi connectivity index (χ4v) is 3.88. The number of hydrogen-bond donors (Lipinski definition) is 1. The number of carbonyl (C=O) groups is 2. The van der Waals surface area contributed by atoms with E-state index in [1.807, 2.05) is 6.92 Å². The van der Waals surface area contributed by atoms with Crippen LogP contribution in [0.25, 0.3) is 0 Å². The van der Waals surface area contributed by atoms with Crippen molar-refractivity contribution in [1.82, 2.24) is 4.90 Å². The maximum Gasteiger partial charge on any atom is 0.233 e. The van der Waals surface area contributed by atoms with Crippen LogP contribution in [0.3, 0.4) is 0 Å². The Hall–Kier alpha value is -1.16. The van der Waals surface area contributed by atoms with Crippen molar-refractivity contribution in [2.45, 2.75) is 32.2 Å². The van der Waals surface area contributed by atoms with E-state index in [1.165, 1.54) is 4.90 Å². The number of fused-ring (bicyclic) bond motifs is 5. The predicted octanol–water partition coefficient (Wildman–Crippen LogP) is 0.955. The summed E-state index contributed by atoms with van der Waals surface area (Å²) in [6, 6.07) is -0.0813. The monoisotopic (exact) mass is 249 g/mol. The van der Waals surface area contributed by atoms with Crippen molar-refractivity contribution in [3.05, 3.63) is 12.2 Å². The summed E-state index contributed by atoms with van der Waals surface area (Å²) in [7, 11) is 0. The van der Waals surface area contributed by atoms with Crippen LogP contribution < -0.4 is 0 Å².